The number of ether oxygens (including phenoxy) is 1. The van der Waals surface area contributed by atoms with Crippen LogP contribution >= 0.6 is 0 Å². The number of benzene rings is 1. The van der Waals surface area contributed by atoms with E-state index >= 15 is 0 Å². The van der Waals surface area contributed by atoms with Gasteiger partial charge in [-0.1, -0.05) is 44.5 Å². The van der Waals surface area contributed by atoms with Crippen molar-refractivity contribution in [3.8, 4) is 0 Å². The van der Waals surface area contributed by atoms with Crippen LogP contribution in [-0.4, -0.2) is 13.1 Å². The zero-order chi connectivity index (χ0) is 14.0. The van der Waals surface area contributed by atoms with E-state index < -0.39 is 5.41 Å². The van der Waals surface area contributed by atoms with Gasteiger partial charge in [0.2, 0.25) is 0 Å². The zero-order valence-electron chi connectivity index (χ0n) is 12.0. The molecule has 0 bridgehead atoms. The van der Waals surface area contributed by atoms with Gasteiger partial charge in [-0.2, -0.15) is 0 Å². The van der Waals surface area contributed by atoms with Gasteiger partial charge in [-0.15, -0.1) is 0 Å². The summed E-state index contributed by atoms with van der Waals surface area (Å²) in [6, 6.07) is 8.02. The van der Waals surface area contributed by atoms with E-state index in [9.17, 15) is 4.79 Å². The number of rotatable bonds is 4. The van der Waals surface area contributed by atoms with Gasteiger partial charge in [0, 0.05) is 6.04 Å². The Hall–Kier alpha value is -1.35. The number of carbonyl (C=O) groups excluding carboxylic acids is 1. The number of hydrogen-bond acceptors (Lipinski definition) is 3. The van der Waals surface area contributed by atoms with Gasteiger partial charge < -0.3 is 10.5 Å². The average Bonchev–Trinajstić information content (AvgIpc) is 2.37. The summed E-state index contributed by atoms with van der Waals surface area (Å²) in [6.07, 6.45) is 2.70. The molecule has 1 unspecified atom stereocenters. The lowest BCUT2D eigenvalue weighted by Gasteiger charge is -2.43. The molecule has 1 aliphatic carbocycles. The molecule has 2 rings (SSSR count). The highest BCUT2D eigenvalue weighted by Gasteiger charge is 2.50. The molecule has 1 atom stereocenters. The standard InChI is InChI=1S/C16H23NO2/c1-11(2)12-5-7-13(8-6-12)14(17)16(9-4-10-16)15(18)19-3/h5-8,11,14H,4,9-10,17H2,1-3H3. The molecule has 0 spiro atoms. The number of carbonyl (C=O) groups is 1. The van der Waals surface area contributed by atoms with Crippen molar-refractivity contribution < 1.29 is 9.53 Å². The van der Waals surface area contributed by atoms with Crippen LogP contribution < -0.4 is 5.73 Å². The largest absolute Gasteiger partial charge is 0.469 e. The van der Waals surface area contributed by atoms with Crippen molar-refractivity contribution in [3.05, 3.63) is 35.4 Å². The monoisotopic (exact) mass is 261 g/mol. The van der Waals surface area contributed by atoms with Gasteiger partial charge in [0.15, 0.2) is 0 Å². The summed E-state index contributed by atoms with van der Waals surface area (Å²) in [5.41, 5.74) is 8.14. The van der Waals surface area contributed by atoms with Crippen molar-refractivity contribution in [1.29, 1.82) is 0 Å². The molecular weight excluding hydrogens is 238 g/mol. The Morgan fingerprint density at radius 2 is 1.74 bits per heavy atom. The van der Waals surface area contributed by atoms with Crippen LogP contribution in [0.4, 0.5) is 0 Å². The molecule has 0 saturated heterocycles. The molecule has 1 saturated carbocycles. The summed E-state index contributed by atoms with van der Waals surface area (Å²) in [6.45, 7) is 4.33. The molecule has 3 heteroatoms. The van der Waals surface area contributed by atoms with Crippen LogP contribution in [0.15, 0.2) is 24.3 Å². The van der Waals surface area contributed by atoms with Crippen LogP contribution in [0, 0.1) is 5.41 Å². The first-order valence-corrected chi connectivity index (χ1v) is 6.95. The number of hydrogen-bond donors (Lipinski definition) is 1. The van der Waals surface area contributed by atoms with E-state index in [1.807, 2.05) is 12.1 Å². The fourth-order valence-electron chi connectivity index (χ4n) is 2.81. The molecular formula is C16H23NO2. The van der Waals surface area contributed by atoms with Gasteiger partial charge in [-0.25, -0.2) is 0 Å². The Balaban J connectivity index is 2.23. The van der Waals surface area contributed by atoms with Crippen LogP contribution in [0.25, 0.3) is 0 Å². The normalized spacial score (nSPS) is 18.8. The van der Waals surface area contributed by atoms with E-state index in [1.165, 1.54) is 12.7 Å². The van der Waals surface area contributed by atoms with Gasteiger partial charge >= 0.3 is 5.97 Å². The fraction of sp³-hybridized carbons (Fsp3) is 0.562. The molecule has 0 heterocycles. The second kappa shape index (κ2) is 5.33. The Morgan fingerprint density at radius 1 is 1.21 bits per heavy atom. The highest BCUT2D eigenvalue weighted by Crippen LogP contribution is 2.50. The molecule has 104 valence electrons. The third-order valence-electron chi connectivity index (χ3n) is 4.40. The lowest BCUT2D eigenvalue weighted by atomic mass is 9.62. The van der Waals surface area contributed by atoms with Crippen molar-refractivity contribution in [3.63, 3.8) is 0 Å². The van der Waals surface area contributed by atoms with Crippen LogP contribution in [-0.2, 0) is 9.53 Å². The maximum absolute atomic E-state index is 12.0. The molecule has 0 radical (unpaired) electrons. The van der Waals surface area contributed by atoms with E-state index in [0.717, 1.165) is 24.8 Å². The molecule has 2 N–H and O–H groups in total. The average molecular weight is 261 g/mol. The zero-order valence-corrected chi connectivity index (χ0v) is 12.0. The van der Waals surface area contributed by atoms with Crippen molar-refractivity contribution in [2.45, 2.75) is 45.1 Å². The molecule has 1 aromatic carbocycles. The number of esters is 1. The minimum Gasteiger partial charge on any atom is -0.469 e. The lowest BCUT2D eigenvalue weighted by molar-refractivity contribution is -0.160. The minimum atomic E-state index is -0.506. The third kappa shape index (κ3) is 2.39. The van der Waals surface area contributed by atoms with E-state index in [4.69, 9.17) is 10.5 Å². The molecule has 0 aromatic heterocycles. The van der Waals surface area contributed by atoms with Gasteiger partial charge in [0.05, 0.1) is 12.5 Å². The van der Waals surface area contributed by atoms with Gasteiger partial charge in [0.25, 0.3) is 0 Å². The van der Waals surface area contributed by atoms with E-state index in [0.29, 0.717) is 5.92 Å². The highest BCUT2D eigenvalue weighted by molar-refractivity contribution is 5.79. The molecule has 0 amide bonds. The van der Waals surface area contributed by atoms with E-state index in [2.05, 4.69) is 26.0 Å². The maximum Gasteiger partial charge on any atom is 0.313 e. The molecule has 3 nitrogen and oxygen atoms in total. The number of methoxy groups -OCH3 is 1. The molecule has 1 fully saturated rings. The predicted octanol–water partition coefficient (Wildman–Crippen LogP) is 3.15. The SMILES string of the molecule is COC(=O)C1(C(N)c2ccc(C(C)C)cc2)CCC1. The maximum atomic E-state index is 12.0. The van der Waals surface area contributed by atoms with Gasteiger partial charge in [-0.05, 0) is 29.9 Å². The summed E-state index contributed by atoms with van der Waals surface area (Å²) >= 11 is 0. The van der Waals surface area contributed by atoms with Crippen LogP contribution in [0.1, 0.15) is 56.2 Å². The van der Waals surface area contributed by atoms with Crippen molar-refractivity contribution in [1.82, 2.24) is 0 Å². The smallest absolute Gasteiger partial charge is 0.313 e. The molecule has 19 heavy (non-hydrogen) atoms. The highest BCUT2D eigenvalue weighted by atomic mass is 16.5. The summed E-state index contributed by atoms with van der Waals surface area (Å²) in [4.78, 5) is 12.0. The fourth-order valence-corrected chi connectivity index (χ4v) is 2.81. The molecule has 1 aromatic rings. The summed E-state index contributed by atoms with van der Waals surface area (Å²) in [5, 5.41) is 0. The van der Waals surface area contributed by atoms with Crippen molar-refractivity contribution in [2.24, 2.45) is 11.1 Å². The van der Waals surface area contributed by atoms with Crippen LogP contribution in [0.3, 0.4) is 0 Å². The van der Waals surface area contributed by atoms with Crippen molar-refractivity contribution in [2.75, 3.05) is 7.11 Å². The lowest BCUT2D eigenvalue weighted by Crippen LogP contribution is -2.47. The van der Waals surface area contributed by atoms with Crippen LogP contribution in [0.2, 0.25) is 0 Å². The van der Waals surface area contributed by atoms with E-state index in [-0.39, 0.29) is 12.0 Å². The first-order chi connectivity index (χ1) is 9.01. The van der Waals surface area contributed by atoms with Crippen molar-refractivity contribution >= 4 is 5.97 Å². The Bertz CT molecular complexity index is 446. The van der Waals surface area contributed by atoms with Crippen LogP contribution in [0.5, 0.6) is 0 Å². The quantitative estimate of drug-likeness (QED) is 0.847. The molecule has 0 aliphatic heterocycles. The summed E-state index contributed by atoms with van der Waals surface area (Å²) in [5.74, 6) is 0.336. The second-order valence-corrected chi connectivity index (χ2v) is 5.80. The topological polar surface area (TPSA) is 52.3 Å². The number of nitrogens with two attached hydrogens (primary N) is 1. The third-order valence-corrected chi connectivity index (χ3v) is 4.40. The Morgan fingerprint density at radius 3 is 2.11 bits per heavy atom. The minimum absolute atomic E-state index is 0.167. The van der Waals surface area contributed by atoms with E-state index in [1.54, 1.807) is 0 Å². The second-order valence-electron chi connectivity index (χ2n) is 5.80. The Kier molecular flexibility index (Phi) is 3.95. The summed E-state index contributed by atoms with van der Waals surface area (Å²) < 4.78 is 4.94. The first kappa shape index (κ1) is 14.1. The first-order valence-electron chi connectivity index (χ1n) is 6.95. The van der Waals surface area contributed by atoms with Gasteiger partial charge in [-0.3, -0.25) is 4.79 Å². The summed E-state index contributed by atoms with van der Waals surface area (Å²) in [7, 11) is 1.44. The predicted molar refractivity (Wildman–Crippen MR) is 75.8 cm³/mol. The molecule has 1 aliphatic rings. The Labute approximate surface area is 115 Å². The van der Waals surface area contributed by atoms with Gasteiger partial charge in [0.1, 0.15) is 0 Å².